The van der Waals surface area contributed by atoms with Gasteiger partial charge in [0.1, 0.15) is 18.6 Å². The van der Waals surface area contributed by atoms with E-state index >= 15 is 0 Å². The highest BCUT2D eigenvalue weighted by molar-refractivity contribution is 6.07. The summed E-state index contributed by atoms with van der Waals surface area (Å²) in [5.41, 5.74) is 2.05. The van der Waals surface area contributed by atoms with Gasteiger partial charge in [-0.2, -0.15) is 0 Å². The SMILES string of the molecule is COC(=O)C1C(C)=NC(C)=C(C(=O)OCC(OC)c2ccccc2)C1c1cccc([N+](=O)[O-])c1. The third-order valence-electron chi connectivity index (χ3n) is 5.77. The fraction of sp³-hybridized carbons (Fsp3) is 0.320. The maximum Gasteiger partial charge on any atom is 0.336 e. The van der Waals surface area contributed by atoms with E-state index in [-0.39, 0.29) is 17.9 Å². The number of benzene rings is 2. The summed E-state index contributed by atoms with van der Waals surface area (Å²) in [6, 6.07) is 15.1. The number of carbonyl (C=O) groups is 2. The van der Waals surface area contributed by atoms with Crippen molar-refractivity contribution in [2.24, 2.45) is 10.9 Å². The Bertz CT molecular complexity index is 1140. The minimum atomic E-state index is -0.939. The Balaban J connectivity index is 2.00. The molecule has 1 aliphatic rings. The molecule has 1 heterocycles. The summed E-state index contributed by atoms with van der Waals surface area (Å²) in [5, 5.41) is 11.4. The normalized spacial score (nSPS) is 18.6. The van der Waals surface area contributed by atoms with Gasteiger partial charge in [-0.1, -0.05) is 42.5 Å². The van der Waals surface area contributed by atoms with Gasteiger partial charge in [0.2, 0.25) is 0 Å². The zero-order valence-electron chi connectivity index (χ0n) is 19.4. The Morgan fingerprint density at radius 3 is 2.41 bits per heavy atom. The second-order valence-electron chi connectivity index (χ2n) is 7.82. The van der Waals surface area contributed by atoms with Gasteiger partial charge in [0.25, 0.3) is 5.69 Å². The van der Waals surface area contributed by atoms with Crippen molar-refractivity contribution in [3.05, 3.63) is 87.1 Å². The molecule has 178 valence electrons. The van der Waals surface area contributed by atoms with Gasteiger partial charge in [0.05, 0.1) is 17.6 Å². The molecule has 2 aromatic carbocycles. The number of nitro benzene ring substituents is 1. The number of esters is 2. The number of carbonyl (C=O) groups excluding carboxylic acids is 2. The van der Waals surface area contributed by atoms with Crippen molar-refractivity contribution in [2.75, 3.05) is 20.8 Å². The van der Waals surface area contributed by atoms with E-state index in [4.69, 9.17) is 14.2 Å². The Kier molecular flexibility index (Phi) is 7.91. The van der Waals surface area contributed by atoms with Crippen LogP contribution in [0.25, 0.3) is 0 Å². The lowest BCUT2D eigenvalue weighted by Gasteiger charge is -2.31. The molecule has 2 aromatic rings. The van der Waals surface area contributed by atoms with Crippen LogP contribution in [-0.2, 0) is 23.8 Å². The van der Waals surface area contributed by atoms with Gasteiger partial charge < -0.3 is 14.2 Å². The van der Waals surface area contributed by atoms with Crippen LogP contribution in [0.15, 0.2) is 70.9 Å². The fourth-order valence-corrected chi connectivity index (χ4v) is 4.12. The number of aliphatic imine (C=N–C) groups is 1. The number of non-ortho nitro benzene ring substituents is 1. The van der Waals surface area contributed by atoms with Crippen LogP contribution in [0.1, 0.15) is 37.0 Å². The molecule has 9 nitrogen and oxygen atoms in total. The number of hydrogen-bond donors (Lipinski definition) is 0. The maximum absolute atomic E-state index is 13.3. The highest BCUT2D eigenvalue weighted by Crippen LogP contribution is 2.41. The van der Waals surface area contributed by atoms with Crippen LogP contribution in [0.4, 0.5) is 5.69 Å². The van der Waals surface area contributed by atoms with Crippen LogP contribution < -0.4 is 0 Å². The van der Waals surface area contributed by atoms with Crippen LogP contribution in [0, 0.1) is 16.0 Å². The molecule has 1 aliphatic heterocycles. The molecule has 0 bridgehead atoms. The fourth-order valence-electron chi connectivity index (χ4n) is 4.12. The average Bonchev–Trinajstić information content (AvgIpc) is 2.84. The summed E-state index contributed by atoms with van der Waals surface area (Å²) in [6.07, 6.45) is -0.493. The predicted molar refractivity (Wildman–Crippen MR) is 124 cm³/mol. The Labute approximate surface area is 197 Å². The molecule has 3 unspecified atom stereocenters. The second kappa shape index (κ2) is 10.8. The molecule has 0 spiro atoms. The van der Waals surface area contributed by atoms with E-state index < -0.39 is 34.8 Å². The minimum Gasteiger partial charge on any atom is -0.468 e. The molecule has 9 heteroatoms. The van der Waals surface area contributed by atoms with E-state index in [0.717, 1.165) is 5.56 Å². The zero-order valence-corrected chi connectivity index (χ0v) is 19.4. The largest absolute Gasteiger partial charge is 0.468 e. The summed E-state index contributed by atoms with van der Waals surface area (Å²) < 4.78 is 16.1. The van der Waals surface area contributed by atoms with Crippen molar-refractivity contribution in [3.63, 3.8) is 0 Å². The van der Waals surface area contributed by atoms with Gasteiger partial charge in [-0.3, -0.25) is 19.9 Å². The number of allylic oxidation sites excluding steroid dienone is 1. The second-order valence-corrected chi connectivity index (χ2v) is 7.82. The third-order valence-corrected chi connectivity index (χ3v) is 5.77. The van der Waals surface area contributed by atoms with Gasteiger partial charge in [-0.15, -0.1) is 0 Å². The lowest BCUT2D eigenvalue weighted by atomic mass is 9.75. The molecule has 3 rings (SSSR count). The molecule has 0 amide bonds. The van der Waals surface area contributed by atoms with Crippen molar-refractivity contribution < 1.29 is 28.7 Å². The molecule has 0 radical (unpaired) electrons. The van der Waals surface area contributed by atoms with Crippen molar-refractivity contribution in [3.8, 4) is 0 Å². The summed E-state index contributed by atoms with van der Waals surface area (Å²) in [5.74, 6) is -3.09. The Morgan fingerprint density at radius 1 is 1.09 bits per heavy atom. The first-order valence-electron chi connectivity index (χ1n) is 10.6. The first-order chi connectivity index (χ1) is 16.3. The van der Waals surface area contributed by atoms with E-state index in [2.05, 4.69) is 4.99 Å². The first-order valence-corrected chi connectivity index (χ1v) is 10.6. The molecular weight excluding hydrogens is 440 g/mol. The van der Waals surface area contributed by atoms with Crippen LogP contribution in [0.5, 0.6) is 0 Å². The average molecular weight is 466 g/mol. The zero-order chi connectivity index (χ0) is 24.8. The topological polar surface area (TPSA) is 117 Å². The van der Waals surface area contributed by atoms with Crippen molar-refractivity contribution in [1.29, 1.82) is 0 Å². The summed E-state index contributed by atoms with van der Waals surface area (Å²) in [6.45, 7) is 3.24. The molecule has 0 fully saturated rings. The van der Waals surface area contributed by atoms with Crippen LogP contribution >= 0.6 is 0 Å². The van der Waals surface area contributed by atoms with Crippen LogP contribution in [0.3, 0.4) is 0 Å². The van der Waals surface area contributed by atoms with Gasteiger partial charge >= 0.3 is 11.9 Å². The molecular formula is C25H26N2O7. The smallest absolute Gasteiger partial charge is 0.336 e. The number of ether oxygens (including phenoxy) is 3. The monoisotopic (exact) mass is 466 g/mol. The van der Waals surface area contributed by atoms with Gasteiger partial charge in [-0.25, -0.2) is 4.79 Å². The highest BCUT2D eigenvalue weighted by atomic mass is 16.6. The summed E-state index contributed by atoms with van der Waals surface area (Å²) in [7, 11) is 2.76. The summed E-state index contributed by atoms with van der Waals surface area (Å²) >= 11 is 0. The quantitative estimate of drug-likeness (QED) is 0.326. The molecule has 3 atom stereocenters. The van der Waals surface area contributed by atoms with E-state index in [1.54, 1.807) is 19.9 Å². The molecule has 0 N–H and O–H groups in total. The van der Waals surface area contributed by atoms with E-state index in [9.17, 15) is 19.7 Å². The number of methoxy groups -OCH3 is 2. The standard InChI is InChI=1S/C25H26N2O7/c1-15-21(24(28)33-4)23(18-11-8-12-19(13-18)27(30)31)22(16(2)26-15)25(29)34-14-20(32-3)17-9-6-5-7-10-17/h5-13,20-21,23H,14H2,1-4H3. The van der Waals surface area contributed by atoms with E-state index in [0.29, 0.717) is 17.0 Å². The first kappa shape index (κ1) is 24.8. The van der Waals surface area contributed by atoms with Gasteiger partial charge in [0.15, 0.2) is 0 Å². The number of nitro groups is 1. The Hall–Kier alpha value is -3.85. The maximum atomic E-state index is 13.3. The van der Waals surface area contributed by atoms with E-state index in [1.165, 1.54) is 32.4 Å². The lowest BCUT2D eigenvalue weighted by Crippen LogP contribution is -2.36. The summed E-state index contributed by atoms with van der Waals surface area (Å²) in [4.78, 5) is 41.3. The minimum absolute atomic E-state index is 0.0661. The number of hydrogen-bond acceptors (Lipinski definition) is 8. The third kappa shape index (κ3) is 5.20. The van der Waals surface area contributed by atoms with Crippen molar-refractivity contribution >= 4 is 23.3 Å². The van der Waals surface area contributed by atoms with Crippen molar-refractivity contribution in [2.45, 2.75) is 25.9 Å². The molecule has 34 heavy (non-hydrogen) atoms. The highest BCUT2D eigenvalue weighted by Gasteiger charge is 2.42. The number of rotatable bonds is 8. The van der Waals surface area contributed by atoms with Gasteiger partial charge in [0, 0.05) is 36.6 Å². The number of nitrogens with zero attached hydrogens (tertiary/aromatic N) is 2. The van der Waals surface area contributed by atoms with Gasteiger partial charge in [-0.05, 0) is 25.0 Å². The molecule has 0 saturated heterocycles. The van der Waals surface area contributed by atoms with Crippen molar-refractivity contribution in [1.82, 2.24) is 0 Å². The van der Waals surface area contributed by atoms with E-state index in [1.807, 2.05) is 30.3 Å². The molecule has 0 aromatic heterocycles. The van der Waals surface area contributed by atoms with Crippen LogP contribution in [0.2, 0.25) is 0 Å². The lowest BCUT2D eigenvalue weighted by molar-refractivity contribution is -0.384. The molecule has 0 aliphatic carbocycles. The Morgan fingerprint density at radius 2 is 1.79 bits per heavy atom. The predicted octanol–water partition coefficient (Wildman–Crippen LogP) is 4.15. The molecule has 0 saturated carbocycles. The van der Waals surface area contributed by atoms with Crippen LogP contribution in [-0.4, -0.2) is 43.4 Å².